The molecule has 10 heterocycles. The van der Waals surface area contributed by atoms with E-state index in [0.717, 1.165) is 102 Å². The van der Waals surface area contributed by atoms with E-state index in [1.54, 1.807) is 36.4 Å². The van der Waals surface area contributed by atoms with E-state index in [0.29, 0.717) is 39.4 Å². The number of rotatable bonds is 16. The quantitative estimate of drug-likeness (QED) is 0.0404. The number of hydrogen-bond donors (Lipinski definition) is 4. The summed E-state index contributed by atoms with van der Waals surface area (Å²) in [6, 6.07) is 20.0. The molecule has 2 saturated heterocycles. The van der Waals surface area contributed by atoms with Crippen LogP contribution in [-0.4, -0.2) is 150 Å². The summed E-state index contributed by atoms with van der Waals surface area (Å²) in [5.41, 5.74) is 5.79. The summed E-state index contributed by atoms with van der Waals surface area (Å²) in [6.07, 6.45) is 4.07. The van der Waals surface area contributed by atoms with Gasteiger partial charge in [0.05, 0.1) is 61.6 Å². The number of nitrogens with zero attached hydrogens (tertiary/aromatic N) is 12. The van der Waals surface area contributed by atoms with E-state index in [1.807, 2.05) is 0 Å². The highest BCUT2D eigenvalue weighted by Gasteiger charge is 2.38. The smallest absolute Gasteiger partial charge is 0.379 e. The maximum atomic E-state index is 13.7. The van der Waals surface area contributed by atoms with Crippen molar-refractivity contribution in [3.8, 4) is 34.2 Å². The van der Waals surface area contributed by atoms with Gasteiger partial charge in [0.2, 0.25) is 0 Å². The molecule has 0 aliphatic carbocycles. The van der Waals surface area contributed by atoms with Gasteiger partial charge in [-0.2, -0.15) is 36.5 Å². The van der Waals surface area contributed by atoms with Crippen molar-refractivity contribution in [1.82, 2.24) is 59.3 Å². The summed E-state index contributed by atoms with van der Waals surface area (Å²) in [6.45, 7) is 10.9. The van der Waals surface area contributed by atoms with Crippen LogP contribution in [0.5, 0.6) is 0 Å². The molecule has 8 aromatic rings. The molecule has 8 aromatic heterocycles. The lowest BCUT2D eigenvalue weighted by Crippen LogP contribution is -2.37. The second-order valence-corrected chi connectivity index (χ2v) is 18.4. The first kappa shape index (κ1) is 58.9. The van der Waals surface area contributed by atoms with E-state index in [4.69, 9.17) is 26.8 Å². The lowest BCUT2D eigenvalue weighted by atomic mass is 10.2. The number of hydrogen-bond acceptors (Lipinski definition) is 16. The van der Waals surface area contributed by atoms with Crippen molar-refractivity contribution >= 4 is 40.6 Å². The fraction of sp³-hybridized carbons (Fsp3) is 0.296. The molecule has 2 amide bonds. The molecule has 0 unspecified atom stereocenters. The van der Waals surface area contributed by atoms with E-state index < -0.39 is 35.6 Å². The Morgan fingerprint density at radius 2 is 1.06 bits per heavy atom. The molecule has 2 fully saturated rings. The molecule has 81 heavy (non-hydrogen) atoms. The molecule has 27 heteroatoms. The second kappa shape index (κ2) is 28.2. The third-order valence-corrected chi connectivity index (χ3v) is 12.4. The number of amides is 2. The van der Waals surface area contributed by atoms with Crippen LogP contribution in [0, 0.1) is 0 Å². The second-order valence-electron chi connectivity index (χ2n) is 18.0. The summed E-state index contributed by atoms with van der Waals surface area (Å²) in [4.78, 5) is 53.9. The minimum Gasteiger partial charge on any atom is -0.379 e. The molecule has 0 spiro atoms. The third-order valence-electron chi connectivity index (χ3n) is 12.2. The largest absolute Gasteiger partial charge is 0.433 e. The molecule has 0 bridgehead atoms. The van der Waals surface area contributed by atoms with E-state index in [1.165, 1.54) is 86.0 Å². The van der Waals surface area contributed by atoms with Crippen LogP contribution < -0.4 is 21.7 Å². The highest BCUT2D eigenvalue weighted by molar-refractivity contribution is 6.29. The number of halogens is 7. The number of nitrogens with one attached hydrogen (secondary N) is 3. The Hall–Kier alpha value is -8.27. The van der Waals surface area contributed by atoms with E-state index in [2.05, 4.69) is 65.9 Å². The van der Waals surface area contributed by atoms with Crippen molar-refractivity contribution in [3.05, 3.63) is 162 Å². The molecule has 0 saturated carbocycles. The van der Waals surface area contributed by atoms with E-state index >= 15 is 0 Å². The molecule has 20 nitrogen and oxygen atoms in total. The average molecular weight is 1140 g/mol. The highest BCUT2D eigenvalue weighted by atomic mass is 35.5. The standard InChI is InChI=1S/C27H27F3N8O2.C20H12ClF3N6O.C7H16N2O/c28-27(29,30)23-16-22(20-3-1-7-31-17-20)36-38(23)25-5-4-21(18-34-25)35-26(39)19-6-9-33-24(15-19)32-8-2-10-37-11-13-40-14-12-37;21-17-8-12(5-7-26-17)19(31)28-14-3-4-18(27-11-14)30-16(20(22,23)24)9-15(29-30)13-2-1-6-25-10-13;8-2-1-3-9-4-6-10-7-5-9/h1,3-7,9,15-18H,2,8,10-14H2,(H,32,33)(H,35,39);1-11H,(H,28,31);1-8H2. The monoisotopic (exact) mass is 1140 g/mol. The molecule has 0 atom stereocenters. The normalized spacial score (nSPS) is 14.0. The summed E-state index contributed by atoms with van der Waals surface area (Å²) < 4.78 is 93.9. The average Bonchev–Trinajstić information content (AvgIpc) is 4.30. The van der Waals surface area contributed by atoms with Gasteiger partial charge in [-0.25, -0.2) is 29.3 Å². The van der Waals surface area contributed by atoms with Gasteiger partial charge < -0.3 is 31.2 Å². The van der Waals surface area contributed by atoms with Gasteiger partial charge in [0, 0.05) is 92.2 Å². The molecule has 5 N–H and O–H groups in total. The van der Waals surface area contributed by atoms with Gasteiger partial charge in [-0.05, 0) is 117 Å². The Bertz CT molecular complexity index is 3270. The maximum absolute atomic E-state index is 13.7. The number of ether oxygens (including phenoxy) is 2. The van der Waals surface area contributed by atoms with Gasteiger partial charge in [-0.1, -0.05) is 11.6 Å². The molecule has 10 rings (SSSR count). The van der Waals surface area contributed by atoms with Gasteiger partial charge in [0.1, 0.15) is 11.0 Å². The summed E-state index contributed by atoms with van der Waals surface area (Å²) in [5, 5.41) is 16.9. The van der Waals surface area contributed by atoms with Gasteiger partial charge in [0.25, 0.3) is 11.8 Å². The lowest BCUT2D eigenvalue weighted by Gasteiger charge is -2.26. The zero-order valence-corrected chi connectivity index (χ0v) is 44.1. The molecule has 0 aromatic carbocycles. The Morgan fingerprint density at radius 3 is 1.49 bits per heavy atom. The SMILES string of the molecule is NCCCN1CCOCC1.O=C(Nc1ccc(-n2nc(-c3cccnc3)cc2C(F)(F)F)nc1)c1ccnc(Cl)c1.O=C(Nc1ccc(-n2nc(-c3cccnc3)cc2C(F)(F)F)nc1)c1ccnc(NCCCN2CCOCC2)c1. The molecule has 2 aliphatic rings. The Kier molecular flexibility index (Phi) is 20.5. The van der Waals surface area contributed by atoms with Crippen molar-refractivity contribution in [2.24, 2.45) is 5.73 Å². The fourth-order valence-electron chi connectivity index (χ4n) is 8.10. The van der Waals surface area contributed by atoms with Crippen LogP contribution in [0.15, 0.2) is 135 Å². The fourth-order valence-corrected chi connectivity index (χ4v) is 8.27. The Labute approximate surface area is 465 Å². The predicted molar refractivity (Wildman–Crippen MR) is 290 cm³/mol. The van der Waals surface area contributed by atoms with Gasteiger partial charge in [-0.3, -0.25) is 29.4 Å². The predicted octanol–water partition coefficient (Wildman–Crippen LogP) is 8.45. The number of carbonyl (C=O) groups excluding carboxylic acids is 2. The Morgan fingerprint density at radius 1 is 0.580 bits per heavy atom. The molecule has 0 radical (unpaired) electrons. The summed E-state index contributed by atoms with van der Waals surface area (Å²) in [5.74, 6) is -0.402. The van der Waals surface area contributed by atoms with Gasteiger partial charge >= 0.3 is 12.4 Å². The number of alkyl halides is 6. The molecule has 424 valence electrons. The van der Waals surface area contributed by atoms with Gasteiger partial charge in [0.15, 0.2) is 23.0 Å². The minimum atomic E-state index is -4.66. The van der Waals surface area contributed by atoms with Crippen LogP contribution in [-0.2, 0) is 21.8 Å². The van der Waals surface area contributed by atoms with Crippen molar-refractivity contribution in [3.63, 3.8) is 0 Å². The number of anilines is 3. The molecular weight excluding hydrogens is 1090 g/mol. The zero-order chi connectivity index (χ0) is 57.2. The zero-order valence-electron chi connectivity index (χ0n) is 43.3. The van der Waals surface area contributed by atoms with Crippen LogP contribution in [0.3, 0.4) is 0 Å². The van der Waals surface area contributed by atoms with Crippen molar-refractivity contribution in [2.75, 3.05) is 94.7 Å². The van der Waals surface area contributed by atoms with Crippen LogP contribution in [0.25, 0.3) is 34.2 Å². The minimum absolute atomic E-state index is 0.0482. The van der Waals surface area contributed by atoms with Crippen LogP contribution in [0.4, 0.5) is 43.5 Å². The Balaban J connectivity index is 0.000000185. The van der Waals surface area contributed by atoms with Crippen LogP contribution >= 0.6 is 11.6 Å². The molecule has 2 aliphatic heterocycles. The number of carbonyl (C=O) groups is 2. The summed E-state index contributed by atoms with van der Waals surface area (Å²) in [7, 11) is 0. The summed E-state index contributed by atoms with van der Waals surface area (Å²) >= 11 is 5.77. The van der Waals surface area contributed by atoms with Crippen molar-refractivity contribution < 1.29 is 45.4 Å². The van der Waals surface area contributed by atoms with E-state index in [9.17, 15) is 35.9 Å². The van der Waals surface area contributed by atoms with Crippen LogP contribution in [0.2, 0.25) is 5.15 Å². The van der Waals surface area contributed by atoms with Crippen molar-refractivity contribution in [2.45, 2.75) is 25.2 Å². The first-order chi connectivity index (χ1) is 39.1. The first-order valence-corrected chi connectivity index (χ1v) is 25.8. The van der Waals surface area contributed by atoms with Crippen LogP contribution in [0.1, 0.15) is 44.9 Å². The molecular formula is C54H55ClF6N16O4. The number of morpholine rings is 2. The topological polar surface area (TPSA) is 234 Å². The third kappa shape index (κ3) is 17.1. The maximum Gasteiger partial charge on any atom is 0.433 e. The van der Waals surface area contributed by atoms with Crippen molar-refractivity contribution in [1.29, 1.82) is 0 Å². The first-order valence-electron chi connectivity index (χ1n) is 25.4. The highest BCUT2D eigenvalue weighted by Crippen LogP contribution is 2.35. The number of aromatic nitrogens is 10. The number of nitrogens with two attached hydrogens (primary N) is 1. The lowest BCUT2D eigenvalue weighted by molar-refractivity contribution is -0.143. The van der Waals surface area contributed by atoms with Gasteiger partial charge in [-0.15, -0.1) is 0 Å². The number of pyridine rings is 6. The van der Waals surface area contributed by atoms with E-state index in [-0.39, 0.29) is 39.4 Å².